The Morgan fingerprint density at radius 3 is 2.43 bits per heavy atom. The third kappa shape index (κ3) is 5.32. The lowest BCUT2D eigenvalue weighted by Gasteiger charge is -2.22. The molecule has 9 heteroatoms. The molecule has 9 nitrogen and oxygen atoms in total. The molecule has 1 atom stereocenters. The van der Waals surface area contributed by atoms with Crippen LogP contribution >= 0.6 is 0 Å². The Balaban J connectivity index is 1.62. The molecule has 4 aromatic carbocycles. The van der Waals surface area contributed by atoms with Crippen molar-refractivity contribution in [2.24, 2.45) is 5.90 Å². The third-order valence-electron chi connectivity index (χ3n) is 5.96. The number of phenolic OH excluding ortho intramolecular Hbond substituents is 1. The molecule has 0 spiro atoms. The summed E-state index contributed by atoms with van der Waals surface area (Å²) in [5.74, 6) is 6.51. The zero-order chi connectivity index (χ0) is 26.4. The fourth-order valence-electron chi connectivity index (χ4n) is 4.10. The molecule has 0 aliphatic heterocycles. The third-order valence-corrected chi connectivity index (χ3v) is 5.96. The van der Waals surface area contributed by atoms with E-state index in [0.29, 0.717) is 45.6 Å². The van der Waals surface area contributed by atoms with Gasteiger partial charge < -0.3 is 19.3 Å². The van der Waals surface area contributed by atoms with Crippen molar-refractivity contribution in [2.75, 3.05) is 19.1 Å². The van der Waals surface area contributed by atoms with Gasteiger partial charge in [-0.3, -0.25) is 14.5 Å². The summed E-state index contributed by atoms with van der Waals surface area (Å²) in [5, 5.41) is 12.3. The lowest BCUT2D eigenvalue weighted by Crippen LogP contribution is -2.29. The number of para-hydroxylation sites is 1. The average Bonchev–Trinajstić information content (AvgIpc) is 2.93. The number of phenols is 1. The molecule has 0 bridgehead atoms. The van der Waals surface area contributed by atoms with Gasteiger partial charge in [0, 0.05) is 28.9 Å². The summed E-state index contributed by atoms with van der Waals surface area (Å²) in [4.78, 5) is 29.8. The number of carbonyl (C=O) groups excluding carboxylic acids is 2. The lowest BCUT2D eigenvalue weighted by molar-refractivity contribution is -0.129. The molecule has 0 saturated carbocycles. The van der Waals surface area contributed by atoms with Crippen LogP contribution in [-0.4, -0.2) is 31.8 Å². The minimum Gasteiger partial charge on any atom is -0.507 e. The van der Waals surface area contributed by atoms with Crippen LogP contribution in [0.15, 0.2) is 78.9 Å². The Labute approximate surface area is 213 Å². The zero-order valence-electron chi connectivity index (χ0n) is 20.3. The van der Waals surface area contributed by atoms with Crippen molar-refractivity contribution in [3.8, 4) is 17.2 Å². The molecule has 4 aromatic rings. The first kappa shape index (κ1) is 25.5. The van der Waals surface area contributed by atoms with E-state index in [2.05, 4.69) is 0 Å². The first-order valence-electron chi connectivity index (χ1n) is 11.3. The van der Waals surface area contributed by atoms with Crippen LogP contribution in [-0.2, 0) is 21.0 Å². The van der Waals surface area contributed by atoms with Crippen LogP contribution in [0.2, 0.25) is 0 Å². The maximum absolute atomic E-state index is 12.9. The predicted octanol–water partition coefficient (Wildman–Crippen LogP) is 4.84. The second kappa shape index (κ2) is 11.4. The van der Waals surface area contributed by atoms with Crippen LogP contribution in [0.25, 0.3) is 10.8 Å². The van der Waals surface area contributed by atoms with Crippen molar-refractivity contribution in [2.45, 2.75) is 12.7 Å². The van der Waals surface area contributed by atoms with Gasteiger partial charge in [0.2, 0.25) is 0 Å². The number of ether oxygens (including phenoxy) is 3. The molecule has 0 saturated heterocycles. The first-order valence-corrected chi connectivity index (χ1v) is 11.3. The minimum absolute atomic E-state index is 0.0318. The second-order valence-corrected chi connectivity index (χ2v) is 8.11. The number of fused-ring (bicyclic) bond motifs is 1. The summed E-state index contributed by atoms with van der Waals surface area (Å²) in [6.45, 7) is 0.502. The molecule has 0 aliphatic rings. The highest BCUT2D eigenvalue weighted by Crippen LogP contribution is 2.41. The number of amides is 1. The van der Waals surface area contributed by atoms with Gasteiger partial charge in [-0.2, -0.15) is 0 Å². The molecule has 37 heavy (non-hydrogen) atoms. The van der Waals surface area contributed by atoms with E-state index >= 15 is 0 Å². The molecular weight excluding hydrogens is 476 g/mol. The molecular formula is C28H26N2O7. The molecule has 0 heterocycles. The number of nitrogens with two attached hydrogens (primary N) is 1. The highest BCUT2D eigenvalue weighted by Gasteiger charge is 2.24. The molecule has 0 fully saturated rings. The largest absolute Gasteiger partial charge is 0.507 e. The van der Waals surface area contributed by atoms with E-state index in [1.165, 1.54) is 4.90 Å². The van der Waals surface area contributed by atoms with Gasteiger partial charge in [-0.25, -0.2) is 10.7 Å². The summed E-state index contributed by atoms with van der Waals surface area (Å²) in [6.07, 6.45) is -1.41. The summed E-state index contributed by atoms with van der Waals surface area (Å²) in [7, 11) is 3.12. The number of rotatable bonds is 9. The van der Waals surface area contributed by atoms with Crippen molar-refractivity contribution in [3.63, 3.8) is 0 Å². The topological polar surface area (TPSA) is 121 Å². The highest BCUT2D eigenvalue weighted by molar-refractivity contribution is 6.04. The van der Waals surface area contributed by atoms with E-state index in [1.54, 1.807) is 74.8 Å². The van der Waals surface area contributed by atoms with Crippen LogP contribution in [0.5, 0.6) is 17.2 Å². The zero-order valence-corrected chi connectivity index (χ0v) is 20.3. The molecule has 0 aliphatic carbocycles. The second-order valence-electron chi connectivity index (χ2n) is 8.11. The van der Waals surface area contributed by atoms with Crippen molar-refractivity contribution >= 4 is 29.0 Å². The van der Waals surface area contributed by atoms with E-state index in [1.807, 2.05) is 18.2 Å². The van der Waals surface area contributed by atoms with Gasteiger partial charge in [0.15, 0.2) is 0 Å². The molecule has 190 valence electrons. The molecule has 1 amide bonds. The maximum atomic E-state index is 12.9. The van der Waals surface area contributed by atoms with Gasteiger partial charge in [-0.15, -0.1) is 0 Å². The Hall–Kier alpha value is -4.60. The highest BCUT2D eigenvalue weighted by atomic mass is 16.6. The van der Waals surface area contributed by atoms with Gasteiger partial charge in [-0.1, -0.05) is 54.6 Å². The number of hydrogen-bond donors (Lipinski definition) is 2. The standard InChI is InChI=1S/C28H26N2O7/c1-30(28(33)36-19-12-10-18(11-13-19)16-35-17-31)24-8-5-7-21-20(24)14-15-23(26(21)32)27(37-29)22-6-3-4-9-25(22)34-2/h3-15,17,27,32H,16,29H2,1-2H3. The molecule has 0 radical (unpaired) electrons. The summed E-state index contributed by atoms with van der Waals surface area (Å²) in [5.41, 5.74) is 2.39. The number of aromatic hydroxyl groups is 1. The van der Waals surface area contributed by atoms with Crippen LogP contribution in [0.4, 0.5) is 10.5 Å². The van der Waals surface area contributed by atoms with Gasteiger partial charge in [0.05, 0.1) is 12.8 Å². The minimum atomic E-state index is -0.785. The van der Waals surface area contributed by atoms with Crippen LogP contribution in [0.1, 0.15) is 22.8 Å². The van der Waals surface area contributed by atoms with E-state index in [0.717, 1.165) is 5.56 Å². The van der Waals surface area contributed by atoms with Crippen LogP contribution in [0.3, 0.4) is 0 Å². The number of nitrogens with zero attached hydrogens (tertiary/aromatic N) is 1. The van der Waals surface area contributed by atoms with Gasteiger partial charge in [0.1, 0.15) is 30.0 Å². The van der Waals surface area contributed by atoms with E-state index < -0.39 is 12.2 Å². The molecule has 0 aromatic heterocycles. The van der Waals surface area contributed by atoms with Gasteiger partial charge in [0.25, 0.3) is 6.47 Å². The fourth-order valence-corrected chi connectivity index (χ4v) is 4.10. The fraction of sp³-hybridized carbons (Fsp3) is 0.143. The normalized spacial score (nSPS) is 11.5. The summed E-state index contributed by atoms with van der Waals surface area (Å²) < 4.78 is 15.6. The monoisotopic (exact) mass is 502 g/mol. The summed E-state index contributed by atoms with van der Waals surface area (Å²) >= 11 is 0. The number of hydrogen-bond acceptors (Lipinski definition) is 8. The SMILES string of the molecule is COc1ccccc1C(ON)c1ccc2c(N(C)C(=O)Oc3ccc(COC=O)cc3)cccc2c1O. The molecule has 1 unspecified atom stereocenters. The maximum Gasteiger partial charge on any atom is 0.419 e. The van der Waals surface area contributed by atoms with Crippen molar-refractivity contribution in [1.82, 2.24) is 0 Å². The quantitative estimate of drug-likeness (QED) is 0.246. The lowest BCUT2D eigenvalue weighted by atomic mass is 9.96. The van der Waals surface area contributed by atoms with E-state index in [9.17, 15) is 14.7 Å². The van der Waals surface area contributed by atoms with Crippen molar-refractivity contribution in [1.29, 1.82) is 0 Å². The van der Waals surface area contributed by atoms with Crippen LogP contribution in [0, 0.1) is 0 Å². The predicted molar refractivity (Wildman–Crippen MR) is 137 cm³/mol. The number of anilines is 1. The van der Waals surface area contributed by atoms with E-state index in [-0.39, 0.29) is 12.4 Å². The Bertz CT molecular complexity index is 1410. The van der Waals surface area contributed by atoms with Gasteiger partial charge in [-0.05, 0) is 29.8 Å². The Morgan fingerprint density at radius 1 is 0.973 bits per heavy atom. The smallest absolute Gasteiger partial charge is 0.419 e. The summed E-state index contributed by atoms with van der Waals surface area (Å²) in [6, 6.07) is 22.6. The van der Waals surface area contributed by atoms with Crippen molar-refractivity contribution in [3.05, 3.63) is 95.6 Å². The number of carbonyl (C=O) groups is 2. The Kier molecular flexibility index (Phi) is 7.87. The van der Waals surface area contributed by atoms with E-state index in [4.69, 9.17) is 24.9 Å². The van der Waals surface area contributed by atoms with Gasteiger partial charge >= 0.3 is 6.09 Å². The average molecular weight is 503 g/mol. The first-order chi connectivity index (χ1) is 18.0. The number of methoxy groups -OCH3 is 1. The molecule has 3 N–H and O–H groups in total. The molecule has 4 rings (SSSR count). The number of benzene rings is 4. The van der Waals surface area contributed by atoms with Crippen molar-refractivity contribution < 1.29 is 33.7 Å². The Morgan fingerprint density at radius 2 is 1.73 bits per heavy atom. The van der Waals surface area contributed by atoms with Crippen LogP contribution < -0.4 is 20.3 Å².